The lowest BCUT2D eigenvalue weighted by atomic mass is 9.74. The zero-order valence-electron chi connectivity index (χ0n) is 20.8. The molecule has 3 aromatic rings. The Morgan fingerprint density at radius 2 is 1.89 bits per heavy atom. The molecule has 6 rings (SSSR count). The number of piperidine rings is 3. The van der Waals surface area contributed by atoms with Crippen LogP contribution < -0.4 is 10.0 Å². The van der Waals surface area contributed by atoms with E-state index in [-0.39, 0.29) is 16.8 Å². The number of carbonyl (C=O) groups excluding carboxylic acids is 1. The number of benzene rings is 2. The van der Waals surface area contributed by atoms with Gasteiger partial charge in [-0.25, -0.2) is 23.1 Å². The lowest BCUT2D eigenvalue weighted by molar-refractivity contribution is -0.114. The molecule has 0 aliphatic carbocycles. The number of rotatable bonds is 7. The minimum atomic E-state index is -3.65. The summed E-state index contributed by atoms with van der Waals surface area (Å²) in [6, 6.07) is 16.5. The highest BCUT2D eigenvalue weighted by Gasteiger charge is 2.41. The summed E-state index contributed by atoms with van der Waals surface area (Å²) in [5.41, 5.74) is 3.59. The molecule has 0 saturated carbocycles. The van der Waals surface area contributed by atoms with Crippen molar-refractivity contribution >= 4 is 37.5 Å². The minimum Gasteiger partial charge on any atom is -0.326 e. The number of nitrogens with one attached hydrogen (secondary N) is 2. The molecule has 2 aromatic carbocycles. The quantitative estimate of drug-likeness (QED) is 0.429. The van der Waals surface area contributed by atoms with E-state index in [0.29, 0.717) is 24.1 Å². The molecule has 3 saturated heterocycles. The number of anilines is 1. The first-order valence-corrected chi connectivity index (χ1v) is 14.7. The summed E-state index contributed by atoms with van der Waals surface area (Å²) in [6.07, 6.45) is 1.99. The molecule has 194 valence electrons. The Hall–Kier alpha value is -2.66. The van der Waals surface area contributed by atoms with Gasteiger partial charge in [-0.2, -0.15) is 0 Å². The highest BCUT2D eigenvalue weighted by atomic mass is 79.9. The number of aryl methyl sites for hydroxylation is 1. The second-order valence-electron chi connectivity index (χ2n) is 9.80. The number of carbonyl (C=O) groups is 1. The molecule has 0 radical (unpaired) electrons. The molecular weight excluding hydrogens is 554 g/mol. The van der Waals surface area contributed by atoms with Crippen molar-refractivity contribution in [3.8, 4) is 11.3 Å². The Kier molecular flexibility index (Phi) is 7.44. The van der Waals surface area contributed by atoms with Gasteiger partial charge in [-0.3, -0.25) is 9.69 Å². The zero-order chi connectivity index (χ0) is 26.2. The number of hydrogen-bond donors (Lipinski definition) is 2. The van der Waals surface area contributed by atoms with E-state index in [9.17, 15) is 13.2 Å². The molecule has 8 nitrogen and oxygen atoms in total. The maximum absolute atomic E-state index is 12.9. The van der Waals surface area contributed by atoms with Crippen molar-refractivity contribution in [2.24, 2.45) is 5.92 Å². The first-order valence-electron chi connectivity index (χ1n) is 12.4. The summed E-state index contributed by atoms with van der Waals surface area (Å²) in [5.74, 6) is 1.30. The summed E-state index contributed by atoms with van der Waals surface area (Å²) in [7, 11) is -3.65. The van der Waals surface area contributed by atoms with Crippen molar-refractivity contribution in [2.45, 2.75) is 43.5 Å². The van der Waals surface area contributed by atoms with Gasteiger partial charge in [0, 0.05) is 53.4 Å². The average Bonchev–Trinajstić information content (AvgIpc) is 2.88. The van der Waals surface area contributed by atoms with Crippen LogP contribution in [-0.2, 0) is 14.8 Å². The molecule has 3 fully saturated rings. The van der Waals surface area contributed by atoms with Crippen molar-refractivity contribution in [1.29, 1.82) is 0 Å². The molecule has 1 aromatic heterocycles. The van der Waals surface area contributed by atoms with E-state index in [1.54, 1.807) is 12.1 Å². The molecule has 4 unspecified atom stereocenters. The number of hydrogen-bond acceptors (Lipinski definition) is 6. The van der Waals surface area contributed by atoms with Gasteiger partial charge in [-0.05, 0) is 68.6 Å². The predicted molar refractivity (Wildman–Crippen MR) is 147 cm³/mol. The highest BCUT2D eigenvalue weighted by molar-refractivity contribution is 9.10. The Balaban J connectivity index is 1.27. The number of fused-ring (bicyclic) bond motifs is 3. The highest BCUT2D eigenvalue weighted by Crippen LogP contribution is 2.42. The molecular formula is C27H30BrN5O3S. The van der Waals surface area contributed by atoms with E-state index in [2.05, 4.69) is 48.0 Å². The van der Waals surface area contributed by atoms with Gasteiger partial charge in [0.25, 0.3) is 0 Å². The second-order valence-corrected chi connectivity index (χ2v) is 12.4. The van der Waals surface area contributed by atoms with Gasteiger partial charge in [0.1, 0.15) is 5.82 Å². The summed E-state index contributed by atoms with van der Waals surface area (Å²) in [5, 5.41) is 2.65. The van der Waals surface area contributed by atoms with Crippen LogP contribution in [-0.4, -0.2) is 54.9 Å². The molecule has 1 amide bonds. The molecule has 3 aliphatic rings. The molecule has 2 N–H and O–H groups in total. The van der Waals surface area contributed by atoms with E-state index in [1.807, 2.05) is 25.1 Å². The SMILES string of the molecule is CC(=O)Nc1ccc(S(=O)(=O)NCC2CC3CCN2CC3c2cc(-c3ccccc3Br)nc(C)n2)cc1. The fraction of sp³-hybridized carbons (Fsp3) is 0.370. The maximum atomic E-state index is 12.9. The molecule has 4 atom stereocenters. The fourth-order valence-electron chi connectivity index (χ4n) is 5.48. The van der Waals surface area contributed by atoms with Gasteiger partial charge in [0.15, 0.2) is 0 Å². The lowest BCUT2D eigenvalue weighted by Crippen LogP contribution is -2.56. The van der Waals surface area contributed by atoms with Gasteiger partial charge in [-0.15, -0.1) is 0 Å². The molecule has 4 heterocycles. The third kappa shape index (κ3) is 5.77. The molecule has 2 bridgehead atoms. The van der Waals surface area contributed by atoms with E-state index >= 15 is 0 Å². The summed E-state index contributed by atoms with van der Waals surface area (Å²) >= 11 is 3.64. The third-order valence-corrected chi connectivity index (χ3v) is 9.39. The third-order valence-electron chi connectivity index (χ3n) is 7.26. The van der Waals surface area contributed by atoms with Gasteiger partial charge in [0.2, 0.25) is 15.9 Å². The lowest BCUT2D eigenvalue weighted by Gasteiger charge is -2.49. The van der Waals surface area contributed by atoms with Gasteiger partial charge < -0.3 is 5.32 Å². The Morgan fingerprint density at radius 3 is 2.57 bits per heavy atom. The normalized spacial score (nSPS) is 23.1. The standard InChI is InChI=1S/C27H30BrN5O3S/c1-17-30-26(23-5-3-4-6-25(23)28)14-27(31-17)24-16-33-12-11-19(24)13-21(33)15-29-37(35,36)22-9-7-20(8-10-22)32-18(2)34/h3-10,14,19,21,24,29H,11-13,15-16H2,1-2H3,(H,32,34). The van der Waals surface area contributed by atoms with Crippen molar-refractivity contribution in [1.82, 2.24) is 19.6 Å². The summed E-state index contributed by atoms with van der Waals surface area (Å²) < 4.78 is 29.6. The Bertz CT molecular complexity index is 1410. The largest absolute Gasteiger partial charge is 0.326 e. The van der Waals surface area contributed by atoms with Crippen LogP contribution in [0.25, 0.3) is 11.3 Å². The van der Waals surface area contributed by atoms with Crippen molar-refractivity contribution < 1.29 is 13.2 Å². The second kappa shape index (κ2) is 10.6. The Labute approximate surface area is 226 Å². The van der Waals surface area contributed by atoms with Crippen LogP contribution in [0.2, 0.25) is 0 Å². The van der Waals surface area contributed by atoms with Crippen LogP contribution in [0.5, 0.6) is 0 Å². The number of sulfonamides is 1. The van der Waals surface area contributed by atoms with Crippen molar-refractivity contribution in [2.75, 3.05) is 25.0 Å². The van der Waals surface area contributed by atoms with Crippen LogP contribution in [0.3, 0.4) is 0 Å². The van der Waals surface area contributed by atoms with Gasteiger partial charge >= 0.3 is 0 Å². The average molecular weight is 585 g/mol. The van der Waals surface area contributed by atoms with Crippen LogP contribution in [0, 0.1) is 12.8 Å². The first-order chi connectivity index (χ1) is 17.7. The Morgan fingerprint density at radius 1 is 1.14 bits per heavy atom. The first kappa shape index (κ1) is 26.0. The van der Waals surface area contributed by atoms with Crippen molar-refractivity contribution in [3.63, 3.8) is 0 Å². The number of halogens is 1. The molecule has 10 heteroatoms. The smallest absolute Gasteiger partial charge is 0.240 e. The van der Waals surface area contributed by atoms with Crippen LogP contribution in [0.1, 0.15) is 37.2 Å². The van der Waals surface area contributed by atoms with Crippen LogP contribution in [0.4, 0.5) is 5.69 Å². The molecule has 3 aliphatic heterocycles. The summed E-state index contributed by atoms with van der Waals surface area (Å²) in [6.45, 7) is 5.53. The molecule has 37 heavy (non-hydrogen) atoms. The van der Waals surface area contributed by atoms with Gasteiger partial charge in [0.05, 0.1) is 10.6 Å². The maximum Gasteiger partial charge on any atom is 0.240 e. The number of amides is 1. The number of aromatic nitrogens is 2. The topological polar surface area (TPSA) is 104 Å². The van der Waals surface area contributed by atoms with Crippen molar-refractivity contribution in [3.05, 3.63) is 70.6 Å². The van der Waals surface area contributed by atoms with E-state index in [1.165, 1.54) is 19.1 Å². The molecule has 0 spiro atoms. The monoisotopic (exact) mass is 583 g/mol. The summed E-state index contributed by atoms with van der Waals surface area (Å²) in [4.78, 5) is 23.3. The number of nitrogens with zero attached hydrogens (tertiary/aromatic N) is 3. The zero-order valence-corrected chi connectivity index (χ0v) is 23.2. The van der Waals surface area contributed by atoms with E-state index in [4.69, 9.17) is 4.98 Å². The van der Waals surface area contributed by atoms with Crippen LogP contribution >= 0.6 is 15.9 Å². The minimum absolute atomic E-state index is 0.147. The van der Waals surface area contributed by atoms with Gasteiger partial charge in [-0.1, -0.05) is 34.1 Å². The fourth-order valence-corrected chi connectivity index (χ4v) is 7.04. The van der Waals surface area contributed by atoms with E-state index < -0.39 is 10.0 Å². The van der Waals surface area contributed by atoms with Crippen LogP contribution in [0.15, 0.2) is 64.0 Å². The predicted octanol–water partition coefficient (Wildman–Crippen LogP) is 4.33. The van der Waals surface area contributed by atoms with E-state index in [0.717, 1.165) is 53.2 Å².